The molecular weight excluding hydrogens is 287 g/mol. The molecule has 0 radical (unpaired) electrons. The lowest BCUT2D eigenvalue weighted by molar-refractivity contribution is -0.141. The molecule has 2 amide bonds. The quantitative estimate of drug-likeness (QED) is 0.808. The highest BCUT2D eigenvalue weighted by atomic mass is 19.4. The van der Waals surface area contributed by atoms with Crippen LogP contribution in [-0.2, 0) is 6.18 Å². The van der Waals surface area contributed by atoms with Crippen LogP contribution in [-0.4, -0.2) is 48.1 Å². The van der Waals surface area contributed by atoms with Crippen molar-refractivity contribution < 1.29 is 18.0 Å². The number of nitrogens with zero attached hydrogens (tertiary/aromatic N) is 3. The van der Waals surface area contributed by atoms with Crippen LogP contribution in [0.2, 0.25) is 0 Å². The average molecular weight is 301 g/mol. The molecule has 1 aromatic rings. The lowest BCUT2D eigenvalue weighted by Crippen LogP contribution is -2.52. The van der Waals surface area contributed by atoms with Gasteiger partial charge in [-0.15, -0.1) is 0 Å². The summed E-state index contributed by atoms with van der Waals surface area (Å²) in [6.07, 6.45) is -3.47. The number of nitrogens with one attached hydrogen (secondary N) is 1. The third-order valence-corrected chi connectivity index (χ3v) is 3.78. The van der Waals surface area contributed by atoms with E-state index in [1.165, 1.54) is 0 Å². The van der Waals surface area contributed by atoms with Crippen LogP contribution in [0.5, 0.6) is 0 Å². The molecule has 0 spiro atoms. The van der Waals surface area contributed by atoms with Crippen LogP contribution in [0.4, 0.5) is 29.3 Å². The Morgan fingerprint density at radius 3 is 2.86 bits per heavy atom. The van der Waals surface area contributed by atoms with Crippen molar-refractivity contribution in [3.8, 4) is 0 Å². The van der Waals surface area contributed by atoms with E-state index in [4.69, 9.17) is 5.73 Å². The van der Waals surface area contributed by atoms with Crippen molar-refractivity contribution in [2.24, 2.45) is 0 Å². The van der Waals surface area contributed by atoms with Crippen LogP contribution in [0.3, 0.4) is 0 Å². The molecule has 0 bridgehead atoms. The van der Waals surface area contributed by atoms with Crippen LogP contribution >= 0.6 is 0 Å². The Bertz CT molecular complexity index is 577. The zero-order valence-corrected chi connectivity index (χ0v) is 11.0. The second kappa shape index (κ2) is 4.68. The number of hydrogen-bond acceptors (Lipinski definition) is 4. The van der Waals surface area contributed by atoms with Crippen molar-refractivity contribution in [1.29, 1.82) is 0 Å². The number of carbonyl (C=O) groups is 1. The molecule has 9 heteroatoms. The number of carbonyl (C=O) groups excluding carboxylic acids is 1. The van der Waals surface area contributed by atoms with E-state index < -0.39 is 11.9 Å². The highest BCUT2D eigenvalue weighted by Crippen LogP contribution is 2.33. The first kappa shape index (κ1) is 13.8. The molecule has 1 atom stereocenters. The zero-order valence-electron chi connectivity index (χ0n) is 11.0. The summed E-state index contributed by atoms with van der Waals surface area (Å²) in [6, 6.07) is 0.793. The van der Waals surface area contributed by atoms with Gasteiger partial charge in [0.25, 0.3) is 0 Å². The minimum atomic E-state index is -4.50. The molecule has 2 fully saturated rings. The Kier molecular flexibility index (Phi) is 3.07. The van der Waals surface area contributed by atoms with Crippen molar-refractivity contribution in [3.05, 3.63) is 18.0 Å². The number of urea groups is 1. The van der Waals surface area contributed by atoms with Gasteiger partial charge in [-0.3, -0.25) is 0 Å². The van der Waals surface area contributed by atoms with Gasteiger partial charge in [-0.25, -0.2) is 9.78 Å². The smallest absolute Gasteiger partial charge is 0.396 e. The van der Waals surface area contributed by atoms with Crippen LogP contribution < -0.4 is 16.0 Å². The van der Waals surface area contributed by atoms with Crippen LogP contribution in [0, 0.1) is 0 Å². The topological polar surface area (TPSA) is 74.5 Å². The van der Waals surface area contributed by atoms with Gasteiger partial charge < -0.3 is 20.9 Å². The van der Waals surface area contributed by atoms with Gasteiger partial charge in [0.05, 0.1) is 23.6 Å². The maximum Gasteiger partial charge on any atom is 0.433 e. The largest absolute Gasteiger partial charge is 0.433 e. The van der Waals surface area contributed by atoms with Gasteiger partial charge in [0, 0.05) is 26.2 Å². The second-order valence-corrected chi connectivity index (χ2v) is 5.11. The number of amides is 2. The molecule has 21 heavy (non-hydrogen) atoms. The van der Waals surface area contributed by atoms with E-state index in [2.05, 4.69) is 10.3 Å². The van der Waals surface area contributed by atoms with Crippen molar-refractivity contribution >= 4 is 17.4 Å². The molecule has 3 heterocycles. The maximum absolute atomic E-state index is 12.7. The number of alkyl halides is 3. The fourth-order valence-electron chi connectivity index (χ4n) is 2.71. The van der Waals surface area contributed by atoms with E-state index in [-0.39, 0.29) is 17.8 Å². The second-order valence-electron chi connectivity index (χ2n) is 5.11. The minimum Gasteiger partial charge on any atom is -0.396 e. The van der Waals surface area contributed by atoms with E-state index >= 15 is 0 Å². The lowest BCUT2D eigenvalue weighted by Gasteiger charge is -2.38. The molecule has 0 aromatic carbocycles. The molecule has 3 N–H and O–H groups in total. The van der Waals surface area contributed by atoms with Gasteiger partial charge in [-0.1, -0.05) is 0 Å². The highest BCUT2D eigenvalue weighted by molar-refractivity contribution is 5.78. The SMILES string of the molecule is Nc1cnc(C(F)(F)F)cc1N1CCN2C(=O)NCC2C1. The maximum atomic E-state index is 12.7. The number of nitrogens with two attached hydrogens (primary N) is 1. The third-order valence-electron chi connectivity index (χ3n) is 3.78. The van der Waals surface area contributed by atoms with Crippen molar-refractivity contribution in [1.82, 2.24) is 15.2 Å². The number of anilines is 2. The van der Waals surface area contributed by atoms with Gasteiger partial charge in [0.1, 0.15) is 5.69 Å². The molecule has 1 unspecified atom stereocenters. The molecular formula is C12H14F3N5O. The Morgan fingerprint density at radius 2 is 2.14 bits per heavy atom. The summed E-state index contributed by atoms with van der Waals surface area (Å²) < 4.78 is 38.2. The van der Waals surface area contributed by atoms with Gasteiger partial charge in [-0.2, -0.15) is 13.2 Å². The van der Waals surface area contributed by atoms with Crippen molar-refractivity contribution in [2.75, 3.05) is 36.8 Å². The van der Waals surface area contributed by atoms with Gasteiger partial charge >= 0.3 is 12.2 Å². The standard InChI is InChI=1S/C12H14F3N5O/c13-12(14,15)10-3-9(8(16)5-17-10)19-1-2-20-7(6-19)4-18-11(20)21/h3,5,7H,1-2,4,6,16H2,(H,18,21). The molecule has 0 saturated carbocycles. The first-order chi connectivity index (χ1) is 9.86. The van der Waals surface area contributed by atoms with Crippen LogP contribution in [0.25, 0.3) is 0 Å². The predicted octanol–water partition coefficient (Wildman–Crippen LogP) is 0.896. The third kappa shape index (κ3) is 2.43. The summed E-state index contributed by atoms with van der Waals surface area (Å²) in [5, 5.41) is 2.72. The van der Waals surface area contributed by atoms with E-state index in [1.807, 2.05) is 0 Å². The summed E-state index contributed by atoms with van der Waals surface area (Å²) in [7, 11) is 0. The summed E-state index contributed by atoms with van der Waals surface area (Å²) in [5.41, 5.74) is 5.32. The number of rotatable bonds is 1. The number of halogens is 3. The number of pyridine rings is 1. The predicted molar refractivity (Wildman–Crippen MR) is 69.8 cm³/mol. The fraction of sp³-hybridized carbons (Fsp3) is 0.500. The number of piperazine rings is 1. The molecule has 2 saturated heterocycles. The Balaban J connectivity index is 1.86. The minimum absolute atomic E-state index is 0.0480. The summed E-state index contributed by atoms with van der Waals surface area (Å²) >= 11 is 0. The Labute approximate surface area is 118 Å². The van der Waals surface area contributed by atoms with Gasteiger partial charge in [0.15, 0.2) is 0 Å². The summed E-state index contributed by atoms with van der Waals surface area (Å²) in [4.78, 5) is 18.3. The van der Waals surface area contributed by atoms with E-state index in [9.17, 15) is 18.0 Å². The van der Waals surface area contributed by atoms with Crippen molar-refractivity contribution in [2.45, 2.75) is 12.2 Å². The molecule has 0 aliphatic carbocycles. The zero-order chi connectivity index (χ0) is 15.2. The Morgan fingerprint density at radius 1 is 1.38 bits per heavy atom. The van der Waals surface area contributed by atoms with Crippen LogP contribution in [0.15, 0.2) is 12.3 Å². The first-order valence-electron chi connectivity index (χ1n) is 6.48. The number of aromatic nitrogens is 1. The summed E-state index contributed by atoms with van der Waals surface area (Å²) in [6.45, 7) is 1.84. The summed E-state index contributed by atoms with van der Waals surface area (Å²) in [5.74, 6) is 0. The van der Waals surface area contributed by atoms with Gasteiger partial charge in [-0.05, 0) is 6.07 Å². The molecule has 2 aliphatic heterocycles. The first-order valence-corrected chi connectivity index (χ1v) is 6.48. The highest BCUT2D eigenvalue weighted by Gasteiger charge is 2.37. The molecule has 6 nitrogen and oxygen atoms in total. The number of nitrogen functional groups attached to an aromatic ring is 1. The molecule has 3 rings (SSSR count). The monoisotopic (exact) mass is 301 g/mol. The van der Waals surface area contributed by atoms with E-state index in [1.54, 1.807) is 9.80 Å². The normalized spacial score (nSPS) is 22.2. The van der Waals surface area contributed by atoms with E-state index in [0.717, 1.165) is 12.3 Å². The number of fused-ring (bicyclic) bond motifs is 1. The van der Waals surface area contributed by atoms with Gasteiger partial charge in [0.2, 0.25) is 0 Å². The number of hydrogen-bond donors (Lipinski definition) is 2. The van der Waals surface area contributed by atoms with Crippen molar-refractivity contribution in [3.63, 3.8) is 0 Å². The van der Waals surface area contributed by atoms with Crippen LogP contribution in [0.1, 0.15) is 5.69 Å². The molecule has 2 aliphatic rings. The molecule has 1 aromatic heterocycles. The van der Waals surface area contributed by atoms with E-state index in [0.29, 0.717) is 31.9 Å². The lowest BCUT2D eigenvalue weighted by atomic mass is 10.1. The molecule has 114 valence electrons. The Hall–Kier alpha value is -2.19. The average Bonchev–Trinajstić information content (AvgIpc) is 2.79. The fourth-order valence-corrected chi connectivity index (χ4v) is 2.71.